The van der Waals surface area contributed by atoms with E-state index in [2.05, 4.69) is 5.32 Å². The van der Waals surface area contributed by atoms with Crippen molar-refractivity contribution in [2.24, 2.45) is 0 Å². The van der Waals surface area contributed by atoms with Crippen molar-refractivity contribution in [2.75, 3.05) is 17.2 Å². The van der Waals surface area contributed by atoms with Gasteiger partial charge in [-0.2, -0.15) is 0 Å². The van der Waals surface area contributed by atoms with Crippen LogP contribution in [0.5, 0.6) is 0 Å². The number of esters is 1. The molecule has 1 aliphatic carbocycles. The number of hydrogen-bond donors (Lipinski definition) is 1. The number of hydrogen-bond acceptors (Lipinski definition) is 5. The highest BCUT2D eigenvalue weighted by atomic mass is 32.2. The van der Waals surface area contributed by atoms with Crippen molar-refractivity contribution >= 4 is 35.2 Å². The summed E-state index contributed by atoms with van der Waals surface area (Å²) in [7, 11) is 0. The molecule has 1 aromatic rings. The number of nitrogens with one attached hydrogen (secondary N) is 1. The number of thioether (sulfide) groups is 1. The van der Waals surface area contributed by atoms with Gasteiger partial charge < -0.3 is 15.0 Å². The van der Waals surface area contributed by atoms with E-state index >= 15 is 0 Å². The fourth-order valence-corrected chi connectivity index (χ4v) is 3.39. The van der Waals surface area contributed by atoms with Gasteiger partial charge in [-0.05, 0) is 31.9 Å². The Balaban J connectivity index is 1.52. The van der Waals surface area contributed by atoms with E-state index in [0.717, 1.165) is 23.4 Å². The topological polar surface area (TPSA) is 75.7 Å². The van der Waals surface area contributed by atoms with Gasteiger partial charge in [0.2, 0.25) is 5.91 Å². The van der Waals surface area contributed by atoms with Gasteiger partial charge in [0.15, 0.2) is 6.10 Å². The van der Waals surface area contributed by atoms with Crippen molar-refractivity contribution in [2.45, 2.75) is 43.2 Å². The predicted molar refractivity (Wildman–Crippen MR) is 90.9 cm³/mol. The second-order valence-electron chi connectivity index (χ2n) is 5.97. The Kier molecular flexibility index (Phi) is 5.08. The summed E-state index contributed by atoms with van der Waals surface area (Å²) >= 11 is 1.50. The number of nitrogens with zero attached hydrogens (tertiary/aromatic N) is 1. The molecule has 1 atom stereocenters. The Hall–Kier alpha value is -2.02. The summed E-state index contributed by atoms with van der Waals surface area (Å²) in [6.07, 6.45) is 1.23. The molecular weight excluding hydrogens is 328 g/mol. The third-order valence-electron chi connectivity index (χ3n) is 3.95. The van der Waals surface area contributed by atoms with E-state index in [1.807, 2.05) is 24.3 Å². The third-order valence-corrected chi connectivity index (χ3v) is 5.00. The summed E-state index contributed by atoms with van der Waals surface area (Å²) < 4.78 is 5.16. The minimum Gasteiger partial charge on any atom is -0.452 e. The van der Waals surface area contributed by atoms with Crippen molar-refractivity contribution in [3.05, 3.63) is 24.3 Å². The quantitative estimate of drug-likeness (QED) is 0.793. The van der Waals surface area contributed by atoms with Gasteiger partial charge in [0.05, 0.1) is 17.9 Å². The monoisotopic (exact) mass is 348 g/mol. The fourth-order valence-electron chi connectivity index (χ4n) is 2.46. The lowest BCUT2D eigenvalue weighted by Gasteiger charge is -2.28. The molecule has 0 spiro atoms. The van der Waals surface area contributed by atoms with Crippen molar-refractivity contribution in [3.8, 4) is 0 Å². The fraction of sp³-hybridized carbons (Fsp3) is 0.471. The van der Waals surface area contributed by atoms with E-state index in [0.29, 0.717) is 5.75 Å². The second-order valence-corrected chi connectivity index (χ2v) is 6.98. The summed E-state index contributed by atoms with van der Waals surface area (Å²) in [5.41, 5.74) is 0.825. The van der Waals surface area contributed by atoms with Gasteiger partial charge in [-0.1, -0.05) is 12.1 Å². The highest BCUT2D eigenvalue weighted by Crippen LogP contribution is 2.34. The van der Waals surface area contributed by atoms with E-state index in [1.54, 1.807) is 11.8 Å². The molecule has 1 heterocycles. The highest BCUT2D eigenvalue weighted by Gasteiger charge is 2.28. The van der Waals surface area contributed by atoms with Crippen molar-refractivity contribution in [1.29, 1.82) is 0 Å². The number of carbonyl (C=O) groups excluding carboxylic acids is 3. The number of carbonyl (C=O) groups is 3. The summed E-state index contributed by atoms with van der Waals surface area (Å²) in [6, 6.07) is 7.86. The molecule has 1 N–H and O–H groups in total. The Labute approximate surface area is 144 Å². The number of amides is 2. The van der Waals surface area contributed by atoms with Gasteiger partial charge >= 0.3 is 5.97 Å². The van der Waals surface area contributed by atoms with Crippen LogP contribution < -0.4 is 10.2 Å². The van der Waals surface area contributed by atoms with Crippen LogP contribution >= 0.6 is 11.8 Å². The second kappa shape index (κ2) is 7.25. The molecule has 1 saturated carbocycles. The van der Waals surface area contributed by atoms with Crippen molar-refractivity contribution in [1.82, 2.24) is 5.32 Å². The predicted octanol–water partition coefficient (Wildman–Crippen LogP) is 1.73. The molecule has 24 heavy (non-hydrogen) atoms. The van der Waals surface area contributed by atoms with Crippen LogP contribution in [0.1, 0.15) is 26.2 Å². The minimum atomic E-state index is -0.807. The number of anilines is 1. The maximum Gasteiger partial charge on any atom is 0.308 e. The Morgan fingerprint density at radius 1 is 1.38 bits per heavy atom. The molecule has 2 amide bonds. The van der Waals surface area contributed by atoms with Gasteiger partial charge in [-0.3, -0.25) is 14.4 Å². The lowest BCUT2D eigenvalue weighted by Crippen LogP contribution is -2.39. The highest BCUT2D eigenvalue weighted by molar-refractivity contribution is 8.00. The van der Waals surface area contributed by atoms with E-state index in [4.69, 9.17) is 4.74 Å². The van der Waals surface area contributed by atoms with Gasteiger partial charge in [0.25, 0.3) is 5.91 Å². The first-order valence-electron chi connectivity index (χ1n) is 8.06. The van der Waals surface area contributed by atoms with E-state index in [-0.39, 0.29) is 30.8 Å². The first kappa shape index (κ1) is 16.8. The van der Waals surface area contributed by atoms with E-state index < -0.39 is 12.1 Å². The molecule has 1 aromatic carbocycles. The number of fused-ring (bicyclic) bond motifs is 1. The Morgan fingerprint density at radius 2 is 2.12 bits per heavy atom. The molecule has 0 unspecified atom stereocenters. The third kappa shape index (κ3) is 4.08. The SMILES string of the molecule is C[C@@H](OC(=O)CCN1C(=O)CSc2ccccc21)C(=O)NC1CC1. The van der Waals surface area contributed by atoms with Crippen molar-refractivity contribution in [3.63, 3.8) is 0 Å². The van der Waals surface area contributed by atoms with E-state index in [1.165, 1.54) is 11.8 Å². The number of ether oxygens (including phenoxy) is 1. The Bertz CT molecular complexity index is 660. The number of para-hydroxylation sites is 1. The maximum atomic E-state index is 12.1. The largest absolute Gasteiger partial charge is 0.452 e. The summed E-state index contributed by atoms with van der Waals surface area (Å²) in [6.45, 7) is 1.82. The first-order chi connectivity index (χ1) is 11.5. The van der Waals surface area contributed by atoms with Gasteiger partial charge in [0, 0.05) is 17.5 Å². The lowest BCUT2D eigenvalue weighted by molar-refractivity contribution is -0.154. The average Bonchev–Trinajstić information content (AvgIpc) is 3.37. The van der Waals surface area contributed by atoms with Crippen LogP contribution in [-0.4, -0.2) is 42.2 Å². The minimum absolute atomic E-state index is 0.0222. The van der Waals surface area contributed by atoms with Crippen LogP contribution in [0.4, 0.5) is 5.69 Å². The molecule has 2 aliphatic rings. The molecule has 7 heteroatoms. The molecule has 1 aliphatic heterocycles. The molecule has 0 saturated heterocycles. The van der Waals surface area contributed by atoms with Crippen LogP contribution in [0.2, 0.25) is 0 Å². The van der Waals surface area contributed by atoms with Crippen molar-refractivity contribution < 1.29 is 19.1 Å². The summed E-state index contributed by atoms with van der Waals surface area (Å²) in [5, 5.41) is 2.80. The molecule has 0 radical (unpaired) electrons. The summed E-state index contributed by atoms with van der Waals surface area (Å²) in [4.78, 5) is 38.5. The molecule has 3 rings (SSSR count). The van der Waals surface area contributed by atoms with Gasteiger partial charge in [-0.25, -0.2) is 0 Å². The standard InChI is InChI=1S/C17H20N2O4S/c1-11(17(22)18-12-6-7-12)23-16(21)8-9-19-13-4-2-3-5-14(13)24-10-15(19)20/h2-5,11-12H,6-10H2,1H3,(H,18,22)/t11-/m1/s1. The zero-order valence-electron chi connectivity index (χ0n) is 13.5. The summed E-state index contributed by atoms with van der Waals surface area (Å²) in [5.74, 6) is -0.392. The molecule has 1 fully saturated rings. The van der Waals surface area contributed by atoms with Crippen LogP contribution in [0, 0.1) is 0 Å². The van der Waals surface area contributed by atoms with Crippen LogP contribution in [-0.2, 0) is 19.1 Å². The van der Waals surface area contributed by atoms with Gasteiger partial charge in [0.1, 0.15) is 0 Å². The zero-order chi connectivity index (χ0) is 17.1. The first-order valence-corrected chi connectivity index (χ1v) is 9.05. The number of benzene rings is 1. The normalized spacial score (nSPS) is 17.9. The molecule has 0 aromatic heterocycles. The molecular formula is C17H20N2O4S. The molecule has 0 bridgehead atoms. The molecule has 6 nitrogen and oxygen atoms in total. The van der Waals surface area contributed by atoms with Gasteiger partial charge in [-0.15, -0.1) is 11.8 Å². The lowest BCUT2D eigenvalue weighted by atomic mass is 10.2. The van der Waals surface area contributed by atoms with E-state index in [9.17, 15) is 14.4 Å². The maximum absolute atomic E-state index is 12.1. The van der Waals surface area contributed by atoms with Crippen LogP contribution in [0.3, 0.4) is 0 Å². The Morgan fingerprint density at radius 3 is 2.88 bits per heavy atom. The zero-order valence-corrected chi connectivity index (χ0v) is 14.3. The molecule has 128 valence electrons. The average molecular weight is 348 g/mol. The van der Waals surface area contributed by atoms with Crippen LogP contribution in [0.25, 0.3) is 0 Å². The van der Waals surface area contributed by atoms with Crippen LogP contribution in [0.15, 0.2) is 29.2 Å². The number of rotatable bonds is 6. The smallest absolute Gasteiger partial charge is 0.308 e.